The molecule has 2 heterocycles. The van der Waals surface area contributed by atoms with Gasteiger partial charge in [0.25, 0.3) is 0 Å². The fourth-order valence-corrected chi connectivity index (χ4v) is 2.28. The van der Waals surface area contributed by atoms with Gasteiger partial charge in [-0.25, -0.2) is 4.79 Å². The number of hydrogen-bond donors (Lipinski definition) is 1. The maximum atomic E-state index is 11.4. The molecule has 0 amide bonds. The van der Waals surface area contributed by atoms with Crippen LogP contribution in [0.25, 0.3) is 10.9 Å². The van der Waals surface area contributed by atoms with E-state index in [0.717, 1.165) is 0 Å². The van der Waals surface area contributed by atoms with Crippen LogP contribution < -0.4 is 0 Å². The number of hydrogen-bond acceptors (Lipinski definition) is 5. The lowest BCUT2D eigenvalue weighted by Crippen LogP contribution is -1.99. The summed E-state index contributed by atoms with van der Waals surface area (Å²) in [6.07, 6.45) is 0. The molecule has 2 rings (SSSR count). The van der Waals surface area contributed by atoms with Crippen LogP contribution in [0.5, 0.6) is 5.75 Å². The SMILES string of the molecule is COC(=O)c1scc2c(O)cc(C)nc12. The van der Waals surface area contributed by atoms with E-state index in [1.54, 1.807) is 18.4 Å². The highest BCUT2D eigenvalue weighted by molar-refractivity contribution is 7.13. The summed E-state index contributed by atoms with van der Waals surface area (Å²) >= 11 is 1.22. The molecule has 0 aliphatic heterocycles. The maximum Gasteiger partial charge on any atom is 0.350 e. The van der Waals surface area contributed by atoms with Gasteiger partial charge < -0.3 is 9.84 Å². The van der Waals surface area contributed by atoms with E-state index >= 15 is 0 Å². The van der Waals surface area contributed by atoms with Crippen LogP contribution in [-0.4, -0.2) is 23.2 Å². The Kier molecular flexibility index (Phi) is 2.32. The quantitative estimate of drug-likeness (QED) is 0.752. The van der Waals surface area contributed by atoms with E-state index < -0.39 is 5.97 Å². The first-order valence-corrected chi connectivity index (χ1v) is 5.17. The lowest BCUT2D eigenvalue weighted by Gasteiger charge is -1.99. The van der Waals surface area contributed by atoms with Crippen molar-refractivity contribution in [1.29, 1.82) is 0 Å². The lowest BCUT2D eigenvalue weighted by molar-refractivity contribution is 0.0608. The monoisotopic (exact) mass is 223 g/mol. The Bertz CT molecular complexity index is 533. The van der Waals surface area contributed by atoms with Crippen LogP contribution in [0.3, 0.4) is 0 Å². The molecule has 0 saturated heterocycles. The molecular formula is C10H9NO3S. The molecule has 0 aliphatic carbocycles. The summed E-state index contributed by atoms with van der Waals surface area (Å²) in [6.45, 7) is 1.76. The van der Waals surface area contributed by atoms with E-state index in [1.165, 1.54) is 18.4 Å². The Hall–Kier alpha value is -1.62. The molecule has 5 heteroatoms. The van der Waals surface area contributed by atoms with Crippen LogP contribution in [0.1, 0.15) is 15.4 Å². The summed E-state index contributed by atoms with van der Waals surface area (Å²) < 4.78 is 4.63. The zero-order valence-corrected chi connectivity index (χ0v) is 9.09. The van der Waals surface area contributed by atoms with Crippen molar-refractivity contribution in [2.45, 2.75) is 6.92 Å². The molecule has 2 aromatic rings. The lowest BCUT2D eigenvalue weighted by atomic mass is 10.2. The van der Waals surface area contributed by atoms with E-state index in [0.29, 0.717) is 21.5 Å². The van der Waals surface area contributed by atoms with Gasteiger partial charge in [0.15, 0.2) is 0 Å². The molecular weight excluding hydrogens is 214 g/mol. The molecule has 4 nitrogen and oxygen atoms in total. The number of carbonyl (C=O) groups is 1. The number of ether oxygens (including phenoxy) is 1. The summed E-state index contributed by atoms with van der Waals surface area (Å²) in [5.41, 5.74) is 1.17. The van der Waals surface area contributed by atoms with Crippen molar-refractivity contribution in [1.82, 2.24) is 4.98 Å². The van der Waals surface area contributed by atoms with E-state index in [2.05, 4.69) is 9.72 Å². The summed E-state index contributed by atoms with van der Waals surface area (Å²) in [4.78, 5) is 16.0. The number of aromatic nitrogens is 1. The van der Waals surface area contributed by atoms with Gasteiger partial charge in [-0.15, -0.1) is 11.3 Å². The van der Waals surface area contributed by atoms with E-state index in [9.17, 15) is 9.90 Å². The highest BCUT2D eigenvalue weighted by atomic mass is 32.1. The molecule has 0 aromatic carbocycles. The number of methoxy groups -OCH3 is 1. The Morgan fingerprint density at radius 1 is 1.60 bits per heavy atom. The predicted molar refractivity (Wildman–Crippen MR) is 57.4 cm³/mol. The Balaban J connectivity index is 2.74. The van der Waals surface area contributed by atoms with Gasteiger partial charge in [0.2, 0.25) is 0 Å². The number of carbonyl (C=O) groups excluding carboxylic acids is 1. The number of aromatic hydroxyl groups is 1. The highest BCUT2D eigenvalue weighted by Crippen LogP contribution is 2.31. The standard InChI is InChI=1S/C10H9NO3S/c1-5-3-7(12)6-4-15-9(8(6)11-5)10(13)14-2/h3-4,12H,1-2H3. The largest absolute Gasteiger partial charge is 0.507 e. The summed E-state index contributed by atoms with van der Waals surface area (Å²) in [5, 5.41) is 11.9. The van der Waals surface area contributed by atoms with Crippen LogP contribution in [0.15, 0.2) is 11.4 Å². The van der Waals surface area contributed by atoms with Crippen LogP contribution in [-0.2, 0) is 4.74 Å². The average Bonchev–Trinajstić information content (AvgIpc) is 2.60. The van der Waals surface area contributed by atoms with Gasteiger partial charge in [0.1, 0.15) is 10.6 Å². The number of fused-ring (bicyclic) bond motifs is 1. The third-order valence-corrected chi connectivity index (χ3v) is 2.99. The van der Waals surface area contributed by atoms with Crippen LogP contribution in [0.4, 0.5) is 0 Å². The van der Waals surface area contributed by atoms with Crippen molar-refractivity contribution in [3.05, 3.63) is 22.0 Å². The van der Waals surface area contributed by atoms with Crippen molar-refractivity contribution >= 4 is 28.2 Å². The van der Waals surface area contributed by atoms with Crippen molar-refractivity contribution in [3.63, 3.8) is 0 Å². The van der Waals surface area contributed by atoms with Gasteiger partial charge in [-0.1, -0.05) is 0 Å². The van der Waals surface area contributed by atoms with Gasteiger partial charge in [0, 0.05) is 17.1 Å². The number of aryl methyl sites for hydroxylation is 1. The van der Waals surface area contributed by atoms with Crippen molar-refractivity contribution in [3.8, 4) is 5.75 Å². The van der Waals surface area contributed by atoms with Crippen LogP contribution in [0, 0.1) is 6.92 Å². The second kappa shape index (κ2) is 3.51. The third kappa shape index (κ3) is 1.55. The molecule has 15 heavy (non-hydrogen) atoms. The molecule has 0 spiro atoms. The molecule has 0 bridgehead atoms. The van der Waals surface area contributed by atoms with E-state index in [-0.39, 0.29) is 5.75 Å². The van der Waals surface area contributed by atoms with Crippen molar-refractivity contribution in [2.24, 2.45) is 0 Å². The van der Waals surface area contributed by atoms with Crippen molar-refractivity contribution in [2.75, 3.05) is 7.11 Å². The Morgan fingerprint density at radius 2 is 2.33 bits per heavy atom. The van der Waals surface area contributed by atoms with Gasteiger partial charge in [-0.05, 0) is 6.92 Å². The fourth-order valence-electron chi connectivity index (χ4n) is 1.37. The smallest absolute Gasteiger partial charge is 0.350 e. The van der Waals surface area contributed by atoms with Crippen molar-refractivity contribution < 1.29 is 14.6 Å². The molecule has 0 fully saturated rings. The third-order valence-electron chi connectivity index (χ3n) is 2.05. The van der Waals surface area contributed by atoms with Gasteiger partial charge in [-0.2, -0.15) is 0 Å². The average molecular weight is 223 g/mol. The van der Waals surface area contributed by atoms with Crippen LogP contribution >= 0.6 is 11.3 Å². The predicted octanol–water partition coefficient (Wildman–Crippen LogP) is 2.10. The second-order valence-corrected chi connectivity index (χ2v) is 3.98. The van der Waals surface area contributed by atoms with Gasteiger partial charge in [-0.3, -0.25) is 4.98 Å². The van der Waals surface area contributed by atoms with Gasteiger partial charge in [0.05, 0.1) is 18.0 Å². The number of thiophene rings is 1. The molecule has 0 radical (unpaired) electrons. The minimum absolute atomic E-state index is 0.143. The first-order valence-electron chi connectivity index (χ1n) is 4.29. The number of nitrogens with zero attached hydrogens (tertiary/aromatic N) is 1. The Morgan fingerprint density at radius 3 is 3.00 bits per heavy atom. The number of rotatable bonds is 1. The molecule has 0 atom stereocenters. The second-order valence-electron chi connectivity index (χ2n) is 3.10. The minimum atomic E-state index is -0.424. The zero-order chi connectivity index (χ0) is 11.0. The first kappa shape index (κ1) is 9.92. The number of pyridine rings is 1. The normalized spacial score (nSPS) is 10.5. The molecule has 0 saturated carbocycles. The topological polar surface area (TPSA) is 59.4 Å². The summed E-state index contributed by atoms with van der Waals surface area (Å²) in [6, 6.07) is 1.57. The highest BCUT2D eigenvalue weighted by Gasteiger charge is 2.16. The number of esters is 1. The van der Waals surface area contributed by atoms with E-state index in [1.807, 2.05) is 0 Å². The molecule has 0 aliphatic rings. The Labute approximate surface area is 90.1 Å². The first-order chi connectivity index (χ1) is 7.13. The minimum Gasteiger partial charge on any atom is -0.507 e. The van der Waals surface area contributed by atoms with Crippen LogP contribution in [0.2, 0.25) is 0 Å². The molecule has 1 N–H and O–H groups in total. The maximum absolute atomic E-state index is 11.4. The molecule has 2 aromatic heterocycles. The molecule has 78 valence electrons. The zero-order valence-electron chi connectivity index (χ0n) is 8.27. The summed E-state index contributed by atoms with van der Waals surface area (Å²) in [5.74, 6) is -0.281. The fraction of sp³-hybridized carbons (Fsp3) is 0.200. The summed E-state index contributed by atoms with van der Waals surface area (Å²) in [7, 11) is 1.32. The van der Waals surface area contributed by atoms with E-state index in [4.69, 9.17) is 0 Å². The molecule has 0 unspecified atom stereocenters. The van der Waals surface area contributed by atoms with Gasteiger partial charge >= 0.3 is 5.97 Å².